The van der Waals surface area contributed by atoms with E-state index < -0.39 is 0 Å². The van der Waals surface area contributed by atoms with Crippen molar-refractivity contribution in [3.05, 3.63) is 0 Å². The van der Waals surface area contributed by atoms with Crippen LogP contribution in [0, 0.1) is 5.92 Å². The second-order valence-electron chi connectivity index (χ2n) is 7.66. The van der Waals surface area contributed by atoms with E-state index in [9.17, 15) is 9.59 Å². The highest BCUT2D eigenvalue weighted by Gasteiger charge is 2.06. The van der Waals surface area contributed by atoms with Crippen molar-refractivity contribution >= 4 is 11.9 Å². The highest BCUT2D eigenvalue weighted by molar-refractivity contribution is 5.70. The molecule has 0 N–H and O–H groups in total. The van der Waals surface area contributed by atoms with Gasteiger partial charge in [-0.1, -0.05) is 72.1 Å². The summed E-state index contributed by atoms with van der Waals surface area (Å²) in [7, 11) is 0. The molecular weight excluding hydrogens is 328 g/mol. The number of unbranched alkanes of at least 4 members (excludes halogenated alkanes) is 9. The molecule has 0 aromatic carbocycles. The van der Waals surface area contributed by atoms with Crippen LogP contribution >= 0.6 is 0 Å². The molecule has 0 saturated heterocycles. The van der Waals surface area contributed by atoms with Crippen LogP contribution in [0.5, 0.6) is 0 Å². The molecule has 0 spiro atoms. The van der Waals surface area contributed by atoms with Crippen LogP contribution < -0.4 is 0 Å². The summed E-state index contributed by atoms with van der Waals surface area (Å²) in [5.74, 6) is 0.245. The molecule has 4 nitrogen and oxygen atoms in total. The molecule has 154 valence electrons. The van der Waals surface area contributed by atoms with Crippen LogP contribution in [0.3, 0.4) is 0 Å². The lowest BCUT2D eigenvalue weighted by Crippen LogP contribution is -2.08. The van der Waals surface area contributed by atoms with Crippen LogP contribution in [-0.2, 0) is 19.1 Å². The maximum atomic E-state index is 11.6. The molecule has 0 unspecified atom stereocenters. The minimum absolute atomic E-state index is 0.141. The molecule has 0 atom stereocenters. The molecule has 0 saturated carbocycles. The van der Waals surface area contributed by atoms with Crippen LogP contribution in [0.2, 0.25) is 0 Å². The van der Waals surface area contributed by atoms with Crippen molar-refractivity contribution in [2.45, 2.75) is 111 Å². The third-order valence-corrected chi connectivity index (χ3v) is 4.48. The van der Waals surface area contributed by atoms with Crippen molar-refractivity contribution in [3.63, 3.8) is 0 Å². The number of ether oxygens (including phenoxy) is 2. The number of esters is 2. The third kappa shape index (κ3) is 19.3. The summed E-state index contributed by atoms with van der Waals surface area (Å²) in [6.45, 7) is 7.48. The lowest BCUT2D eigenvalue weighted by molar-refractivity contribution is -0.146. The van der Waals surface area contributed by atoms with Gasteiger partial charge in [0.2, 0.25) is 0 Å². The number of rotatable bonds is 18. The minimum atomic E-state index is -0.159. The van der Waals surface area contributed by atoms with Gasteiger partial charge >= 0.3 is 11.9 Å². The van der Waals surface area contributed by atoms with Gasteiger partial charge < -0.3 is 9.47 Å². The number of carbonyl (C=O) groups excluding carboxylic acids is 2. The molecule has 0 aliphatic heterocycles. The predicted molar refractivity (Wildman–Crippen MR) is 107 cm³/mol. The molecule has 0 heterocycles. The molecule has 0 rings (SSSR count). The Balaban J connectivity index is 3.30. The Kier molecular flexibility index (Phi) is 18.0. The van der Waals surface area contributed by atoms with Crippen molar-refractivity contribution in [2.75, 3.05) is 13.2 Å². The van der Waals surface area contributed by atoms with Gasteiger partial charge in [-0.2, -0.15) is 0 Å². The highest BCUT2D eigenvalue weighted by Crippen LogP contribution is 2.10. The Morgan fingerprint density at radius 2 is 1.12 bits per heavy atom. The van der Waals surface area contributed by atoms with E-state index in [4.69, 9.17) is 9.47 Å². The zero-order chi connectivity index (χ0) is 19.5. The second kappa shape index (κ2) is 18.7. The van der Waals surface area contributed by atoms with Crippen LogP contribution in [-0.4, -0.2) is 25.2 Å². The van der Waals surface area contributed by atoms with Gasteiger partial charge in [-0.25, -0.2) is 0 Å². The maximum absolute atomic E-state index is 11.6. The van der Waals surface area contributed by atoms with Gasteiger partial charge in [0.25, 0.3) is 0 Å². The van der Waals surface area contributed by atoms with E-state index in [0.29, 0.717) is 44.8 Å². The first-order valence-corrected chi connectivity index (χ1v) is 10.9. The standard InChI is InChI=1S/C22H42O4/c1-4-5-6-7-8-9-10-11-14-18-25-21(23)15-12-13-16-22(24)26-19-17-20(2)3/h20H,4-19H2,1-3H3. The first-order chi connectivity index (χ1) is 12.6. The summed E-state index contributed by atoms with van der Waals surface area (Å²) < 4.78 is 10.4. The lowest BCUT2D eigenvalue weighted by atomic mass is 10.1. The Bertz CT molecular complexity index is 339. The molecule has 0 amide bonds. The zero-order valence-electron chi connectivity index (χ0n) is 17.5. The number of hydrogen-bond donors (Lipinski definition) is 0. The topological polar surface area (TPSA) is 52.6 Å². The fourth-order valence-corrected chi connectivity index (χ4v) is 2.69. The Labute approximate surface area is 161 Å². The quantitative estimate of drug-likeness (QED) is 0.212. The molecule has 0 radical (unpaired) electrons. The van der Waals surface area contributed by atoms with Gasteiger partial charge in [-0.3, -0.25) is 9.59 Å². The van der Waals surface area contributed by atoms with Gasteiger partial charge in [-0.05, 0) is 31.6 Å². The normalized spacial score (nSPS) is 10.9. The van der Waals surface area contributed by atoms with E-state index in [0.717, 1.165) is 19.3 Å². The fraction of sp³-hybridized carbons (Fsp3) is 0.909. The zero-order valence-corrected chi connectivity index (χ0v) is 17.5. The Morgan fingerprint density at radius 3 is 1.62 bits per heavy atom. The Hall–Kier alpha value is -1.06. The van der Waals surface area contributed by atoms with Crippen molar-refractivity contribution in [3.8, 4) is 0 Å². The molecule has 0 aromatic heterocycles. The summed E-state index contributed by atoms with van der Waals surface area (Å²) >= 11 is 0. The molecule has 4 heteroatoms. The molecule has 0 aliphatic rings. The minimum Gasteiger partial charge on any atom is -0.466 e. The molecule has 0 aromatic rings. The average molecular weight is 371 g/mol. The Morgan fingerprint density at radius 1 is 0.654 bits per heavy atom. The largest absolute Gasteiger partial charge is 0.466 e. The van der Waals surface area contributed by atoms with Gasteiger partial charge in [0.15, 0.2) is 0 Å². The molecule has 0 fully saturated rings. The average Bonchev–Trinajstić information content (AvgIpc) is 2.60. The second-order valence-corrected chi connectivity index (χ2v) is 7.66. The van der Waals surface area contributed by atoms with Crippen LogP contribution in [0.1, 0.15) is 111 Å². The SMILES string of the molecule is CCCCCCCCCCCOC(=O)CCCCC(=O)OCCC(C)C. The molecule has 0 bridgehead atoms. The van der Waals surface area contributed by atoms with Crippen LogP contribution in [0.25, 0.3) is 0 Å². The van der Waals surface area contributed by atoms with Crippen molar-refractivity contribution in [2.24, 2.45) is 5.92 Å². The maximum Gasteiger partial charge on any atom is 0.305 e. The smallest absolute Gasteiger partial charge is 0.305 e. The van der Waals surface area contributed by atoms with E-state index in [1.54, 1.807) is 0 Å². The van der Waals surface area contributed by atoms with Crippen LogP contribution in [0.4, 0.5) is 0 Å². The predicted octanol–water partition coefficient (Wildman–Crippen LogP) is 6.21. The summed E-state index contributed by atoms with van der Waals surface area (Å²) in [4.78, 5) is 23.1. The van der Waals surface area contributed by atoms with Crippen molar-refractivity contribution in [1.29, 1.82) is 0 Å². The third-order valence-electron chi connectivity index (χ3n) is 4.48. The fourth-order valence-electron chi connectivity index (χ4n) is 2.69. The summed E-state index contributed by atoms with van der Waals surface area (Å²) in [6.07, 6.45) is 14.4. The monoisotopic (exact) mass is 370 g/mol. The molecular formula is C22H42O4. The van der Waals surface area contributed by atoms with Crippen molar-refractivity contribution < 1.29 is 19.1 Å². The van der Waals surface area contributed by atoms with Crippen LogP contribution in [0.15, 0.2) is 0 Å². The van der Waals surface area contributed by atoms with E-state index >= 15 is 0 Å². The van der Waals surface area contributed by atoms with Crippen molar-refractivity contribution in [1.82, 2.24) is 0 Å². The van der Waals surface area contributed by atoms with Gasteiger partial charge in [0, 0.05) is 12.8 Å². The summed E-state index contributed by atoms with van der Waals surface area (Å²) in [6, 6.07) is 0. The summed E-state index contributed by atoms with van der Waals surface area (Å²) in [5.41, 5.74) is 0. The van der Waals surface area contributed by atoms with E-state index in [1.807, 2.05) is 0 Å². The van der Waals surface area contributed by atoms with Gasteiger partial charge in [0.1, 0.15) is 0 Å². The van der Waals surface area contributed by atoms with Gasteiger partial charge in [0.05, 0.1) is 13.2 Å². The lowest BCUT2D eigenvalue weighted by Gasteiger charge is -2.07. The number of carbonyl (C=O) groups is 2. The first-order valence-electron chi connectivity index (χ1n) is 10.9. The molecule has 26 heavy (non-hydrogen) atoms. The first kappa shape index (κ1) is 24.9. The van der Waals surface area contributed by atoms with E-state index in [-0.39, 0.29) is 11.9 Å². The highest BCUT2D eigenvalue weighted by atomic mass is 16.5. The number of hydrogen-bond acceptors (Lipinski definition) is 4. The van der Waals surface area contributed by atoms with E-state index in [2.05, 4.69) is 20.8 Å². The summed E-state index contributed by atoms with van der Waals surface area (Å²) in [5, 5.41) is 0. The van der Waals surface area contributed by atoms with E-state index in [1.165, 1.54) is 44.9 Å². The molecule has 0 aliphatic carbocycles. The van der Waals surface area contributed by atoms with Gasteiger partial charge in [-0.15, -0.1) is 0 Å².